The molecular formula is C18H33NS2. The van der Waals surface area contributed by atoms with E-state index >= 15 is 0 Å². The van der Waals surface area contributed by atoms with E-state index in [1.165, 1.54) is 37.3 Å². The van der Waals surface area contributed by atoms with Crippen LogP contribution in [0.25, 0.3) is 0 Å². The van der Waals surface area contributed by atoms with Gasteiger partial charge < -0.3 is 5.32 Å². The monoisotopic (exact) mass is 327 g/mol. The highest BCUT2D eigenvalue weighted by Gasteiger charge is 2.42. The molecule has 0 amide bonds. The lowest BCUT2D eigenvalue weighted by molar-refractivity contribution is 0.273. The third kappa shape index (κ3) is 3.95. The largest absolute Gasteiger partial charge is 0.313 e. The molecule has 6 unspecified atom stereocenters. The molecule has 3 rings (SSSR count). The second kappa shape index (κ2) is 7.97. The fourth-order valence-electron chi connectivity index (χ4n) is 4.97. The molecule has 2 saturated carbocycles. The highest BCUT2D eigenvalue weighted by atomic mass is 32.2. The molecule has 1 N–H and O–H groups in total. The Morgan fingerprint density at radius 2 is 1.95 bits per heavy atom. The van der Waals surface area contributed by atoms with Gasteiger partial charge in [-0.2, -0.15) is 23.5 Å². The van der Waals surface area contributed by atoms with E-state index in [4.69, 9.17) is 0 Å². The fraction of sp³-hybridized carbons (Fsp3) is 1.00. The third-order valence-electron chi connectivity index (χ3n) is 5.99. The van der Waals surface area contributed by atoms with Crippen molar-refractivity contribution >= 4 is 23.5 Å². The summed E-state index contributed by atoms with van der Waals surface area (Å²) in [5, 5.41) is 5.70. The number of hydrogen-bond donors (Lipinski definition) is 1. The molecule has 0 aromatic carbocycles. The summed E-state index contributed by atoms with van der Waals surface area (Å²) in [7, 11) is 0. The number of nitrogens with one attached hydrogen (secondary N) is 1. The van der Waals surface area contributed by atoms with Gasteiger partial charge in [-0.05, 0) is 62.8 Å². The molecule has 2 bridgehead atoms. The molecular weight excluding hydrogens is 294 g/mol. The number of thioether (sulfide) groups is 2. The summed E-state index contributed by atoms with van der Waals surface area (Å²) in [5.74, 6) is 5.97. The lowest BCUT2D eigenvalue weighted by Gasteiger charge is -2.38. The van der Waals surface area contributed by atoms with Gasteiger partial charge in [0, 0.05) is 28.0 Å². The van der Waals surface area contributed by atoms with Crippen molar-refractivity contribution in [3.8, 4) is 0 Å². The van der Waals surface area contributed by atoms with E-state index in [0.29, 0.717) is 0 Å². The summed E-state index contributed by atoms with van der Waals surface area (Å²) in [6.45, 7) is 5.91. The van der Waals surface area contributed by atoms with E-state index in [2.05, 4.69) is 42.7 Å². The van der Waals surface area contributed by atoms with Gasteiger partial charge in [-0.1, -0.05) is 20.3 Å². The normalized spacial score (nSPS) is 40.6. The second-order valence-electron chi connectivity index (χ2n) is 7.38. The van der Waals surface area contributed by atoms with Crippen LogP contribution >= 0.6 is 23.5 Å². The van der Waals surface area contributed by atoms with Crippen LogP contribution in [0.15, 0.2) is 0 Å². The maximum absolute atomic E-state index is 3.96. The minimum absolute atomic E-state index is 0.775. The number of hydrogen-bond acceptors (Lipinski definition) is 3. The highest BCUT2D eigenvalue weighted by Crippen LogP contribution is 2.50. The Labute approximate surface area is 140 Å². The summed E-state index contributed by atoms with van der Waals surface area (Å²) >= 11 is 4.52. The summed E-state index contributed by atoms with van der Waals surface area (Å²) in [6, 6.07) is 0.775. The van der Waals surface area contributed by atoms with Gasteiger partial charge in [0.05, 0.1) is 0 Å². The SMILES string of the molecule is CCCNC(CC1CC2CCC1C2)C1SCCSC1CC. The van der Waals surface area contributed by atoms with Crippen LogP contribution in [-0.4, -0.2) is 34.6 Å². The first kappa shape index (κ1) is 16.5. The van der Waals surface area contributed by atoms with E-state index in [1.54, 1.807) is 25.7 Å². The van der Waals surface area contributed by atoms with Crippen molar-refractivity contribution < 1.29 is 0 Å². The van der Waals surface area contributed by atoms with Crippen molar-refractivity contribution in [3.05, 3.63) is 0 Å². The predicted octanol–water partition coefficient (Wildman–Crippen LogP) is 4.81. The molecule has 1 nitrogen and oxygen atoms in total. The second-order valence-corrected chi connectivity index (χ2v) is 10.0. The molecule has 1 aliphatic heterocycles. The van der Waals surface area contributed by atoms with Crippen molar-refractivity contribution in [1.29, 1.82) is 0 Å². The first-order valence-electron chi connectivity index (χ1n) is 9.28. The molecule has 1 saturated heterocycles. The van der Waals surface area contributed by atoms with Crippen molar-refractivity contribution in [1.82, 2.24) is 5.32 Å². The molecule has 1 heterocycles. The fourth-order valence-corrected chi connectivity index (χ4v) is 8.24. The average Bonchev–Trinajstić information content (AvgIpc) is 3.14. The Morgan fingerprint density at radius 3 is 2.62 bits per heavy atom. The summed E-state index contributed by atoms with van der Waals surface area (Å²) in [4.78, 5) is 0. The van der Waals surface area contributed by atoms with Gasteiger partial charge in [0.1, 0.15) is 0 Å². The van der Waals surface area contributed by atoms with E-state index in [1.807, 2.05) is 0 Å². The lowest BCUT2D eigenvalue weighted by atomic mass is 9.83. The zero-order valence-electron chi connectivity index (χ0n) is 13.9. The van der Waals surface area contributed by atoms with Crippen molar-refractivity contribution in [2.24, 2.45) is 17.8 Å². The molecule has 3 heteroatoms. The first-order chi connectivity index (χ1) is 10.3. The maximum Gasteiger partial charge on any atom is 0.0320 e. The van der Waals surface area contributed by atoms with Crippen LogP contribution in [0, 0.1) is 17.8 Å². The van der Waals surface area contributed by atoms with Crippen molar-refractivity contribution in [2.75, 3.05) is 18.1 Å². The Hall–Kier alpha value is 0.660. The van der Waals surface area contributed by atoms with Crippen molar-refractivity contribution in [3.63, 3.8) is 0 Å². The van der Waals surface area contributed by atoms with E-state index in [9.17, 15) is 0 Å². The van der Waals surface area contributed by atoms with Gasteiger partial charge in [0.15, 0.2) is 0 Å². The Kier molecular flexibility index (Phi) is 6.27. The molecule has 0 spiro atoms. The zero-order valence-corrected chi connectivity index (χ0v) is 15.5. The molecule has 3 fully saturated rings. The van der Waals surface area contributed by atoms with Gasteiger partial charge in [0.25, 0.3) is 0 Å². The molecule has 0 aromatic heterocycles. The summed E-state index contributed by atoms with van der Waals surface area (Å²) < 4.78 is 0. The van der Waals surface area contributed by atoms with Gasteiger partial charge >= 0.3 is 0 Å². The highest BCUT2D eigenvalue weighted by molar-refractivity contribution is 8.07. The average molecular weight is 328 g/mol. The number of fused-ring (bicyclic) bond motifs is 2. The van der Waals surface area contributed by atoms with Crippen LogP contribution in [0.4, 0.5) is 0 Å². The van der Waals surface area contributed by atoms with Crippen LogP contribution in [-0.2, 0) is 0 Å². The van der Waals surface area contributed by atoms with Gasteiger partial charge in [-0.3, -0.25) is 0 Å². The van der Waals surface area contributed by atoms with Crippen LogP contribution in [0.5, 0.6) is 0 Å². The van der Waals surface area contributed by atoms with Gasteiger partial charge in [0.2, 0.25) is 0 Å². The molecule has 0 aromatic rings. The van der Waals surface area contributed by atoms with Crippen LogP contribution in [0.3, 0.4) is 0 Å². The first-order valence-corrected chi connectivity index (χ1v) is 11.4. The standard InChI is InChI=1S/C18H33NS2/c1-3-7-19-16(18-17(4-2)20-8-9-21-18)12-15-11-13-5-6-14(15)10-13/h13-19H,3-12H2,1-2H3. The van der Waals surface area contributed by atoms with Crippen molar-refractivity contribution in [2.45, 2.75) is 75.3 Å². The smallest absolute Gasteiger partial charge is 0.0320 e. The molecule has 0 radical (unpaired) electrons. The zero-order chi connectivity index (χ0) is 14.7. The molecule has 6 atom stereocenters. The topological polar surface area (TPSA) is 12.0 Å². The lowest BCUT2D eigenvalue weighted by Crippen LogP contribution is -2.46. The summed E-state index contributed by atoms with van der Waals surface area (Å²) in [6.07, 6.45) is 10.3. The van der Waals surface area contributed by atoms with Crippen LogP contribution < -0.4 is 5.32 Å². The summed E-state index contributed by atoms with van der Waals surface area (Å²) in [5.41, 5.74) is 0. The predicted molar refractivity (Wildman–Crippen MR) is 98.4 cm³/mol. The Morgan fingerprint density at radius 1 is 1.10 bits per heavy atom. The Bertz CT molecular complexity index is 322. The maximum atomic E-state index is 3.96. The van der Waals surface area contributed by atoms with Crippen LogP contribution in [0.1, 0.15) is 58.8 Å². The number of rotatable bonds is 7. The Balaban J connectivity index is 1.62. The van der Waals surface area contributed by atoms with Gasteiger partial charge in [-0.15, -0.1) is 0 Å². The molecule has 122 valence electrons. The van der Waals surface area contributed by atoms with Gasteiger partial charge in [-0.25, -0.2) is 0 Å². The minimum Gasteiger partial charge on any atom is -0.313 e. The van der Waals surface area contributed by atoms with Crippen LogP contribution in [0.2, 0.25) is 0 Å². The molecule has 3 aliphatic rings. The van der Waals surface area contributed by atoms with E-state index in [0.717, 1.165) is 34.3 Å². The van der Waals surface area contributed by atoms with E-state index < -0.39 is 0 Å². The minimum atomic E-state index is 0.775. The van der Waals surface area contributed by atoms with E-state index in [-0.39, 0.29) is 0 Å². The quantitative estimate of drug-likeness (QED) is 0.721. The molecule has 21 heavy (non-hydrogen) atoms. The third-order valence-corrected chi connectivity index (χ3v) is 9.40. The molecule has 2 aliphatic carbocycles.